The number of ether oxygens (including phenoxy) is 1. The van der Waals surface area contributed by atoms with E-state index in [4.69, 9.17) is 4.74 Å². The summed E-state index contributed by atoms with van der Waals surface area (Å²) >= 11 is 0. The van der Waals surface area contributed by atoms with Crippen molar-refractivity contribution in [2.45, 2.75) is 20.3 Å². The Morgan fingerprint density at radius 1 is 1.20 bits per heavy atom. The van der Waals surface area contributed by atoms with E-state index in [0.717, 1.165) is 17.9 Å². The maximum atomic E-state index is 5.00. The lowest BCUT2D eigenvalue weighted by atomic mass is 10.1. The van der Waals surface area contributed by atoms with Crippen LogP contribution in [0.25, 0.3) is 11.5 Å². The molecule has 20 heavy (non-hydrogen) atoms. The third-order valence-electron chi connectivity index (χ3n) is 2.73. The molecule has 6 nitrogen and oxygen atoms in total. The highest BCUT2D eigenvalue weighted by molar-refractivity contribution is 5.52. The zero-order valence-electron chi connectivity index (χ0n) is 12.2. The minimum absolute atomic E-state index is 0.473. The normalized spacial score (nSPS) is 10.7. The van der Waals surface area contributed by atoms with Gasteiger partial charge in [0.15, 0.2) is 5.82 Å². The Hall–Kier alpha value is -2.24. The van der Waals surface area contributed by atoms with Crippen molar-refractivity contribution in [2.75, 3.05) is 19.5 Å². The van der Waals surface area contributed by atoms with E-state index in [1.165, 1.54) is 0 Å². The van der Waals surface area contributed by atoms with Gasteiger partial charge in [0.1, 0.15) is 11.5 Å². The van der Waals surface area contributed by atoms with Crippen LogP contribution in [0.5, 0.6) is 5.88 Å². The van der Waals surface area contributed by atoms with Gasteiger partial charge in [-0.25, -0.2) is 9.97 Å². The topological polar surface area (TPSA) is 72.8 Å². The summed E-state index contributed by atoms with van der Waals surface area (Å²) in [5.74, 6) is 2.36. The first kappa shape index (κ1) is 14.2. The number of aromatic nitrogens is 4. The van der Waals surface area contributed by atoms with E-state index in [2.05, 4.69) is 39.3 Å². The van der Waals surface area contributed by atoms with Crippen molar-refractivity contribution in [1.29, 1.82) is 0 Å². The number of rotatable bonds is 5. The predicted molar refractivity (Wildman–Crippen MR) is 77.7 cm³/mol. The van der Waals surface area contributed by atoms with Crippen molar-refractivity contribution in [3.8, 4) is 17.4 Å². The van der Waals surface area contributed by atoms with E-state index in [1.807, 2.05) is 13.1 Å². The van der Waals surface area contributed by atoms with Crippen molar-refractivity contribution in [1.82, 2.24) is 20.2 Å². The van der Waals surface area contributed by atoms with Crippen molar-refractivity contribution < 1.29 is 4.74 Å². The molecule has 0 fully saturated rings. The summed E-state index contributed by atoms with van der Waals surface area (Å²) in [5.41, 5.74) is 1.62. The van der Waals surface area contributed by atoms with Crippen LogP contribution in [0.4, 0.5) is 5.82 Å². The first-order valence-corrected chi connectivity index (χ1v) is 6.56. The summed E-state index contributed by atoms with van der Waals surface area (Å²) in [4.78, 5) is 8.97. The SMILES string of the molecule is CNc1cc(CC(C)C)nc(-c2ccc(OC)nn2)n1. The lowest BCUT2D eigenvalue weighted by Gasteiger charge is -2.09. The fraction of sp³-hybridized carbons (Fsp3) is 0.429. The monoisotopic (exact) mass is 273 g/mol. The Morgan fingerprint density at radius 2 is 2.00 bits per heavy atom. The standard InChI is InChI=1S/C14H19N5O/c1-9(2)7-10-8-12(15-3)17-14(16-10)11-5-6-13(20-4)19-18-11/h5-6,8-9H,7H2,1-4H3,(H,15,16,17). The summed E-state index contributed by atoms with van der Waals surface area (Å²) < 4.78 is 5.00. The molecule has 2 heterocycles. The van der Waals surface area contributed by atoms with Crippen LogP contribution in [0.1, 0.15) is 19.5 Å². The number of nitrogens with one attached hydrogen (secondary N) is 1. The lowest BCUT2D eigenvalue weighted by Crippen LogP contribution is -2.05. The van der Waals surface area contributed by atoms with Gasteiger partial charge in [0.25, 0.3) is 0 Å². The summed E-state index contributed by atoms with van der Waals surface area (Å²) in [6.45, 7) is 4.32. The van der Waals surface area contributed by atoms with E-state index < -0.39 is 0 Å². The van der Waals surface area contributed by atoms with Crippen molar-refractivity contribution in [2.24, 2.45) is 5.92 Å². The third kappa shape index (κ3) is 3.40. The van der Waals surface area contributed by atoms with Gasteiger partial charge < -0.3 is 10.1 Å². The number of hydrogen-bond donors (Lipinski definition) is 1. The van der Waals surface area contributed by atoms with Gasteiger partial charge in [-0.2, -0.15) is 0 Å². The minimum atomic E-state index is 0.473. The molecule has 6 heteroatoms. The Kier molecular flexibility index (Phi) is 4.45. The van der Waals surface area contributed by atoms with Crippen LogP contribution < -0.4 is 10.1 Å². The average Bonchev–Trinajstić information content (AvgIpc) is 2.46. The summed E-state index contributed by atoms with van der Waals surface area (Å²) in [7, 11) is 3.40. The number of anilines is 1. The molecule has 0 aliphatic rings. The van der Waals surface area contributed by atoms with E-state index in [0.29, 0.717) is 23.3 Å². The molecule has 0 bridgehead atoms. The van der Waals surface area contributed by atoms with Gasteiger partial charge >= 0.3 is 0 Å². The van der Waals surface area contributed by atoms with E-state index >= 15 is 0 Å². The van der Waals surface area contributed by atoms with E-state index in [-0.39, 0.29) is 0 Å². The molecule has 0 radical (unpaired) electrons. The van der Waals surface area contributed by atoms with Crippen molar-refractivity contribution in [3.63, 3.8) is 0 Å². The molecule has 0 spiro atoms. The molecule has 1 N–H and O–H groups in total. The Bertz CT molecular complexity index is 568. The zero-order valence-corrected chi connectivity index (χ0v) is 12.2. The predicted octanol–water partition coefficient (Wildman–Crippen LogP) is 2.18. The highest BCUT2D eigenvalue weighted by Crippen LogP contribution is 2.18. The Labute approximate surface area is 118 Å². The third-order valence-corrected chi connectivity index (χ3v) is 2.73. The van der Waals surface area contributed by atoms with Crippen LogP contribution in [0.2, 0.25) is 0 Å². The van der Waals surface area contributed by atoms with Gasteiger partial charge in [0, 0.05) is 24.9 Å². The average molecular weight is 273 g/mol. The minimum Gasteiger partial charge on any atom is -0.480 e. The fourth-order valence-electron chi connectivity index (χ4n) is 1.81. The maximum absolute atomic E-state index is 5.00. The molecule has 0 unspecified atom stereocenters. The van der Waals surface area contributed by atoms with Crippen LogP contribution in [0, 0.1) is 5.92 Å². The molecule has 2 aromatic heterocycles. The van der Waals surface area contributed by atoms with Gasteiger partial charge in [0.2, 0.25) is 5.88 Å². The van der Waals surface area contributed by atoms with Gasteiger partial charge in [-0.1, -0.05) is 13.8 Å². The van der Waals surface area contributed by atoms with Crippen LogP contribution in [0.3, 0.4) is 0 Å². The zero-order chi connectivity index (χ0) is 14.5. The fourth-order valence-corrected chi connectivity index (χ4v) is 1.81. The molecule has 2 aromatic rings. The van der Waals surface area contributed by atoms with Crippen LogP contribution in [-0.4, -0.2) is 34.3 Å². The molecule has 0 atom stereocenters. The Morgan fingerprint density at radius 3 is 2.55 bits per heavy atom. The highest BCUT2D eigenvalue weighted by Gasteiger charge is 2.09. The molecular formula is C14H19N5O. The van der Waals surface area contributed by atoms with Crippen molar-refractivity contribution in [3.05, 3.63) is 23.9 Å². The number of nitrogens with zero attached hydrogens (tertiary/aromatic N) is 4. The molecule has 0 aromatic carbocycles. The van der Waals surface area contributed by atoms with Crippen LogP contribution in [-0.2, 0) is 6.42 Å². The molecule has 2 rings (SSSR count). The summed E-state index contributed by atoms with van der Waals surface area (Å²) in [6.07, 6.45) is 0.897. The molecule has 106 valence electrons. The first-order valence-electron chi connectivity index (χ1n) is 6.56. The number of methoxy groups -OCH3 is 1. The van der Waals surface area contributed by atoms with Crippen LogP contribution in [0.15, 0.2) is 18.2 Å². The molecule has 0 saturated carbocycles. The first-order chi connectivity index (χ1) is 9.62. The molecule has 0 aliphatic heterocycles. The van der Waals surface area contributed by atoms with Crippen molar-refractivity contribution >= 4 is 5.82 Å². The second kappa shape index (κ2) is 6.27. The smallest absolute Gasteiger partial charge is 0.233 e. The quantitative estimate of drug-likeness (QED) is 0.900. The van der Waals surface area contributed by atoms with E-state index in [9.17, 15) is 0 Å². The Balaban J connectivity index is 2.38. The number of hydrogen-bond acceptors (Lipinski definition) is 6. The van der Waals surface area contributed by atoms with E-state index in [1.54, 1.807) is 19.2 Å². The highest BCUT2D eigenvalue weighted by atomic mass is 16.5. The second-order valence-corrected chi connectivity index (χ2v) is 4.88. The molecule has 0 saturated heterocycles. The molecular weight excluding hydrogens is 254 g/mol. The molecule has 0 amide bonds. The summed E-state index contributed by atoms with van der Waals surface area (Å²) in [5, 5.41) is 11.1. The van der Waals surface area contributed by atoms with Gasteiger partial charge in [-0.15, -0.1) is 10.2 Å². The summed E-state index contributed by atoms with van der Waals surface area (Å²) in [6, 6.07) is 5.51. The van der Waals surface area contributed by atoms with Gasteiger partial charge in [0.05, 0.1) is 7.11 Å². The van der Waals surface area contributed by atoms with Gasteiger partial charge in [-0.3, -0.25) is 0 Å². The largest absolute Gasteiger partial charge is 0.480 e. The van der Waals surface area contributed by atoms with Gasteiger partial charge in [-0.05, 0) is 18.4 Å². The molecule has 0 aliphatic carbocycles. The van der Waals surface area contributed by atoms with Crippen LogP contribution >= 0.6 is 0 Å². The lowest BCUT2D eigenvalue weighted by molar-refractivity contribution is 0.392. The second-order valence-electron chi connectivity index (χ2n) is 4.88. The maximum Gasteiger partial charge on any atom is 0.233 e.